The minimum absolute atomic E-state index is 0.0183. The molecular weight excluding hydrogens is 412 g/mol. The molecular formula is C21H26O10. The zero-order valence-corrected chi connectivity index (χ0v) is 16.7. The van der Waals surface area contributed by atoms with E-state index < -0.39 is 60.6 Å². The zero-order chi connectivity index (χ0) is 22.1. The van der Waals surface area contributed by atoms with Gasteiger partial charge in [0.25, 0.3) is 0 Å². The Hall–Kier alpha value is -1.63. The average Bonchev–Trinajstić information content (AvgIpc) is 3.19. The fraction of sp³-hybridized carbons (Fsp3) is 0.667. The maximum Gasteiger partial charge on any atom is 0.339 e. The summed E-state index contributed by atoms with van der Waals surface area (Å²) in [5.74, 6) is -2.64. The lowest BCUT2D eigenvalue weighted by Gasteiger charge is -2.47. The van der Waals surface area contributed by atoms with Crippen molar-refractivity contribution in [2.24, 2.45) is 11.8 Å². The first-order chi connectivity index (χ1) is 14.7. The number of ether oxygens (including phenoxy) is 4. The van der Waals surface area contributed by atoms with Gasteiger partial charge in [0, 0.05) is 11.5 Å². The summed E-state index contributed by atoms with van der Waals surface area (Å²) in [5, 5.41) is 50.4. The average molecular weight is 438 g/mol. The van der Waals surface area contributed by atoms with Crippen LogP contribution in [0.15, 0.2) is 35.5 Å². The van der Waals surface area contributed by atoms with E-state index in [0.717, 1.165) is 5.57 Å². The number of carbonyl (C=O) groups is 1. The molecule has 170 valence electrons. The smallest absolute Gasteiger partial charge is 0.339 e. The second-order valence-electron chi connectivity index (χ2n) is 8.85. The van der Waals surface area contributed by atoms with Gasteiger partial charge >= 0.3 is 5.97 Å². The molecule has 1 saturated carbocycles. The minimum Gasteiger partial charge on any atom is -0.424 e. The number of aliphatic hydroxyl groups excluding tert-OH is 4. The van der Waals surface area contributed by atoms with E-state index in [-0.39, 0.29) is 24.7 Å². The lowest BCUT2D eigenvalue weighted by molar-refractivity contribution is -0.299. The third-order valence-corrected chi connectivity index (χ3v) is 7.16. The van der Waals surface area contributed by atoms with Crippen molar-refractivity contribution in [3.05, 3.63) is 35.5 Å². The van der Waals surface area contributed by atoms with Gasteiger partial charge < -0.3 is 44.5 Å². The fourth-order valence-corrected chi connectivity index (χ4v) is 5.48. The van der Waals surface area contributed by atoms with E-state index in [1.807, 2.05) is 0 Å². The zero-order valence-electron chi connectivity index (χ0n) is 16.7. The Morgan fingerprint density at radius 1 is 1.23 bits per heavy atom. The van der Waals surface area contributed by atoms with E-state index >= 15 is 0 Å². The van der Waals surface area contributed by atoms with Crippen molar-refractivity contribution in [3.63, 3.8) is 0 Å². The van der Waals surface area contributed by atoms with Crippen molar-refractivity contribution in [2.75, 3.05) is 19.8 Å². The maximum atomic E-state index is 12.8. The summed E-state index contributed by atoms with van der Waals surface area (Å²) in [6, 6.07) is 0. The Labute approximate surface area is 178 Å². The van der Waals surface area contributed by atoms with E-state index in [4.69, 9.17) is 18.9 Å². The number of aliphatic hydroxyl groups is 5. The summed E-state index contributed by atoms with van der Waals surface area (Å²) in [7, 11) is 0. The number of hydrogen-bond acceptors (Lipinski definition) is 10. The lowest BCUT2D eigenvalue weighted by Crippen LogP contribution is -2.59. The van der Waals surface area contributed by atoms with Gasteiger partial charge in [0.15, 0.2) is 6.29 Å². The van der Waals surface area contributed by atoms with Gasteiger partial charge in [0.05, 0.1) is 31.3 Å². The Morgan fingerprint density at radius 3 is 2.74 bits per heavy atom. The molecule has 2 saturated heterocycles. The Morgan fingerprint density at radius 2 is 2.00 bits per heavy atom. The predicted molar refractivity (Wildman–Crippen MR) is 101 cm³/mol. The molecule has 6 rings (SSSR count). The lowest BCUT2D eigenvalue weighted by atomic mass is 9.74. The van der Waals surface area contributed by atoms with Gasteiger partial charge in [-0.1, -0.05) is 18.2 Å². The molecule has 4 heterocycles. The molecule has 4 aliphatic heterocycles. The van der Waals surface area contributed by atoms with Crippen molar-refractivity contribution >= 4 is 5.97 Å². The van der Waals surface area contributed by atoms with E-state index in [1.54, 1.807) is 12.2 Å². The van der Waals surface area contributed by atoms with Crippen molar-refractivity contribution in [2.45, 2.75) is 54.9 Å². The first-order valence-electron chi connectivity index (χ1n) is 10.3. The van der Waals surface area contributed by atoms with Crippen LogP contribution in [-0.2, 0) is 23.7 Å². The third kappa shape index (κ3) is 2.91. The van der Waals surface area contributed by atoms with E-state index in [0.29, 0.717) is 18.4 Å². The van der Waals surface area contributed by atoms with Crippen LogP contribution in [0.2, 0.25) is 0 Å². The molecule has 3 fully saturated rings. The number of rotatable bonds is 4. The topological polar surface area (TPSA) is 155 Å². The number of esters is 1. The molecule has 10 heteroatoms. The molecule has 2 aliphatic carbocycles. The molecule has 2 bridgehead atoms. The van der Waals surface area contributed by atoms with E-state index in [2.05, 4.69) is 6.58 Å². The van der Waals surface area contributed by atoms with Gasteiger partial charge in [-0.3, -0.25) is 0 Å². The van der Waals surface area contributed by atoms with Crippen LogP contribution in [0.3, 0.4) is 0 Å². The number of fused-ring (bicyclic) bond motifs is 1. The largest absolute Gasteiger partial charge is 0.424 e. The number of hydrogen-bond donors (Lipinski definition) is 5. The molecule has 31 heavy (non-hydrogen) atoms. The first kappa shape index (κ1) is 21.2. The molecule has 10 nitrogen and oxygen atoms in total. The van der Waals surface area contributed by atoms with E-state index in [1.165, 1.54) is 0 Å². The van der Waals surface area contributed by atoms with Crippen LogP contribution >= 0.6 is 0 Å². The highest BCUT2D eigenvalue weighted by molar-refractivity contribution is 5.94. The Bertz CT molecular complexity index is 864. The van der Waals surface area contributed by atoms with Crippen molar-refractivity contribution < 1.29 is 49.3 Å². The highest BCUT2D eigenvalue weighted by Crippen LogP contribution is 2.59. The standard InChI is InChI=1S/C21H26O10/c1-9-2-3-12-14(9)21-11(4-5-20(12,27)8-29-21)10(18(26)31-21)7-28-19-17(25)16(24)15(23)13(6-22)30-19/h4-5,12-17,19,22-25,27H,1-3,6-8H2/t12-,13+,14+,15+,16-,17+,19+,20+,21-/m0/s1. The van der Waals surface area contributed by atoms with Gasteiger partial charge in [0.2, 0.25) is 5.79 Å². The molecule has 0 radical (unpaired) electrons. The van der Waals surface area contributed by atoms with Gasteiger partial charge in [-0.05, 0) is 18.9 Å². The minimum atomic E-state index is -1.59. The summed E-state index contributed by atoms with van der Waals surface area (Å²) < 4.78 is 22.6. The van der Waals surface area contributed by atoms with Crippen molar-refractivity contribution in [3.8, 4) is 0 Å². The molecule has 1 spiro atoms. The van der Waals surface area contributed by atoms with Crippen LogP contribution in [0.5, 0.6) is 0 Å². The number of carbonyl (C=O) groups excluding carboxylic acids is 1. The summed E-state index contributed by atoms with van der Waals surface area (Å²) >= 11 is 0. The normalized spacial score (nSPS) is 48.6. The molecule has 9 atom stereocenters. The highest BCUT2D eigenvalue weighted by Gasteiger charge is 2.66. The second-order valence-corrected chi connectivity index (χ2v) is 8.85. The molecule has 0 aromatic rings. The maximum absolute atomic E-state index is 12.8. The van der Waals surface area contributed by atoms with Crippen LogP contribution in [0.1, 0.15) is 12.8 Å². The molecule has 0 amide bonds. The molecule has 5 N–H and O–H groups in total. The van der Waals surface area contributed by atoms with Crippen LogP contribution in [0.25, 0.3) is 0 Å². The van der Waals surface area contributed by atoms with Crippen molar-refractivity contribution in [1.82, 2.24) is 0 Å². The highest BCUT2D eigenvalue weighted by atomic mass is 16.7. The Kier molecular flexibility index (Phi) is 4.92. The molecule has 6 aliphatic rings. The predicted octanol–water partition coefficient (Wildman–Crippen LogP) is -1.73. The van der Waals surface area contributed by atoms with Crippen molar-refractivity contribution in [1.29, 1.82) is 0 Å². The summed E-state index contributed by atoms with van der Waals surface area (Å²) in [5.41, 5.74) is 0.210. The Balaban J connectivity index is 1.44. The monoisotopic (exact) mass is 438 g/mol. The molecule has 0 unspecified atom stereocenters. The third-order valence-electron chi connectivity index (χ3n) is 7.16. The summed E-state index contributed by atoms with van der Waals surface area (Å²) in [4.78, 5) is 12.8. The molecule has 0 aromatic carbocycles. The first-order valence-corrected chi connectivity index (χ1v) is 10.3. The van der Waals surface area contributed by atoms with Crippen LogP contribution in [-0.4, -0.2) is 93.4 Å². The van der Waals surface area contributed by atoms with Crippen LogP contribution in [0.4, 0.5) is 0 Å². The summed E-state index contributed by atoms with van der Waals surface area (Å²) in [6.45, 7) is 3.16. The fourth-order valence-electron chi connectivity index (χ4n) is 5.48. The van der Waals surface area contributed by atoms with Crippen LogP contribution in [0, 0.1) is 11.8 Å². The van der Waals surface area contributed by atoms with Gasteiger partial charge in [0.1, 0.15) is 30.0 Å². The molecule has 0 aromatic heterocycles. The quantitative estimate of drug-likeness (QED) is 0.252. The van der Waals surface area contributed by atoms with Crippen LogP contribution < -0.4 is 0 Å². The SMILES string of the molecule is C=C1CC[C@H]2[C@@H]1[C@]13OC[C@]2(O)C=CC1=C(CO[C@@H]1O[C@H](CO)[C@@H](O)[C@H](O)[C@H]1O)C(=O)O3. The van der Waals surface area contributed by atoms with Gasteiger partial charge in [-0.25, -0.2) is 4.79 Å². The second kappa shape index (κ2) is 7.19. The van der Waals surface area contributed by atoms with Gasteiger partial charge in [-0.15, -0.1) is 0 Å². The van der Waals surface area contributed by atoms with Gasteiger partial charge in [-0.2, -0.15) is 0 Å². The van der Waals surface area contributed by atoms with E-state index in [9.17, 15) is 30.3 Å². The summed E-state index contributed by atoms with van der Waals surface area (Å²) in [6.07, 6.45) is -2.57.